The number of halogens is 3. The average Bonchev–Trinajstić information content (AvgIpc) is 2.83. The van der Waals surface area contributed by atoms with Crippen LogP contribution in [-0.2, 0) is 4.79 Å². The minimum absolute atomic E-state index is 0.0421. The number of carboxylic acids is 1. The predicted molar refractivity (Wildman–Crippen MR) is 128 cm³/mol. The molecule has 3 aromatic rings. The van der Waals surface area contributed by atoms with Crippen molar-refractivity contribution in [1.82, 2.24) is 0 Å². The van der Waals surface area contributed by atoms with Gasteiger partial charge in [-0.05, 0) is 61.3 Å². The number of carboxylic acid groups (broad SMARTS) is 1. The van der Waals surface area contributed by atoms with E-state index >= 15 is 0 Å². The van der Waals surface area contributed by atoms with Crippen LogP contribution in [0.1, 0.15) is 10.4 Å². The quantitative estimate of drug-likeness (QED) is 0.212. The molecule has 0 bridgehead atoms. The van der Waals surface area contributed by atoms with E-state index in [0.717, 1.165) is 0 Å². The Hall–Kier alpha value is -4.74. The fourth-order valence-electron chi connectivity index (χ4n) is 2.97. The van der Waals surface area contributed by atoms with Crippen LogP contribution in [0.4, 0.5) is 35.9 Å². The van der Waals surface area contributed by atoms with Crippen molar-refractivity contribution in [3.63, 3.8) is 0 Å². The molecule has 0 radical (unpaired) electrons. The van der Waals surface area contributed by atoms with Crippen LogP contribution in [-0.4, -0.2) is 43.3 Å². The summed E-state index contributed by atoms with van der Waals surface area (Å²) in [5.74, 6) is -1.56. The normalized spacial score (nSPS) is 10.8. The van der Waals surface area contributed by atoms with Gasteiger partial charge in [-0.1, -0.05) is 6.07 Å². The number of carbonyl (C=O) groups excluding carboxylic acids is 1. The highest BCUT2D eigenvalue weighted by molar-refractivity contribution is 5.94. The lowest BCUT2D eigenvalue weighted by atomic mass is 10.2. The molecule has 4 N–H and O–H groups in total. The number of nitrogens with one attached hydrogen (secondary N) is 3. The predicted octanol–water partition coefficient (Wildman–Crippen LogP) is 5.11. The molecule has 9 nitrogen and oxygen atoms in total. The number of ether oxygens (including phenoxy) is 2. The number of carbonyl (C=O) groups is 2. The number of amides is 1. The Morgan fingerprint density at radius 3 is 2.33 bits per heavy atom. The summed E-state index contributed by atoms with van der Waals surface area (Å²) < 4.78 is 46.0. The molecule has 36 heavy (non-hydrogen) atoms. The van der Waals surface area contributed by atoms with E-state index in [2.05, 4.69) is 32.4 Å². The molecule has 0 aliphatic heterocycles. The number of rotatable bonds is 11. The molecule has 0 unspecified atom stereocenters. The van der Waals surface area contributed by atoms with Gasteiger partial charge in [-0.25, -0.2) is 4.79 Å². The van der Waals surface area contributed by atoms with Crippen LogP contribution >= 0.6 is 0 Å². The summed E-state index contributed by atoms with van der Waals surface area (Å²) in [6, 6.07) is 15.9. The Labute approximate surface area is 203 Å². The van der Waals surface area contributed by atoms with Crippen LogP contribution in [0.25, 0.3) is 0 Å². The molecular weight excluding hydrogens is 481 g/mol. The number of hydrogen-bond acceptors (Lipinski definition) is 7. The Bertz CT molecular complexity index is 1230. The molecule has 3 aromatic carbocycles. The zero-order valence-electron chi connectivity index (χ0n) is 18.6. The molecule has 0 atom stereocenters. The van der Waals surface area contributed by atoms with Crippen LogP contribution < -0.4 is 25.4 Å². The largest absolute Gasteiger partial charge is 0.573 e. The zero-order valence-corrected chi connectivity index (χ0v) is 18.6. The zero-order chi connectivity index (χ0) is 26.1. The molecule has 0 spiro atoms. The first kappa shape index (κ1) is 25.9. The van der Waals surface area contributed by atoms with Crippen molar-refractivity contribution in [2.45, 2.75) is 6.36 Å². The lowest BCUT2D eigenvalue weighted by Crippen LogP contribution is -2.20. The van der Waals surface area contributed by atoms with Crippen LogP contribution in [0.2, 0.25) is 0 Å². The first-order chi connectivity index (χ1) is 17.1. The van der Waals surface area contributed by atoms with Gasteiger partial charge in [0.25, 0.3) is 5.91 Å². The molecule has 0 aliphatic rings. The highest BCUT2D eigenvalue weighted by atomic mass is 19.4. The van der Waals surface area contributed by atoms with Gasteiger partial charge >= 0.3 is 12.3 Å². The van der Waals surface area contributed by atoms with Crippen molar-refractivity contribution < 1.29 is 37.3 Å². The number of alkyl halides is 3. The van der Waals surface area contributed by atoms with Crippen molar-refractivity contribution in [2.75, 3.05) is 29.2 Å². The van der Waals surface area contributed by atoms with E-state index in [1.54, 1.807) is 24.3 Å². The number of aromatic carboxylic acids is 1. The summed E-state index contributed by atoms with van der Waals surface area (Å²) >= 11 is 0. The monoisotopic (exact) mass is 502 g/mol. The maximum atomic E-state index is 12.2. The average molecular weight is 502 g/mol. The van der Waals surface area contributed by atoms with Crippen molar-refractivity contribution >= 4 is 41.3 Å². The van der Waals surface area contributed by atoms with E-state index in [0.29, 0.717) is 28.5 Å². The van der Waals surface area contributed by atoms with Gasteiger partial charge in [-0.2, -0.15) is 0 Å². The molecule has 0 fully saturated rings. The Morgan fingerprint density at radius 2 is 1.67 bits per heavy atom. The van der Waals surface area contributed by atoms with E-state index in [1.807, 2.05) is 0 Å². The van der Waals surface area contributed by atoms with Crippen LogP contribution in [0.15, 0.2) is 71.7 Å². The molecule has 12 heteroatoms. The molecule has 0 aliphatic carbocycles. The topological polar surface area (TPSA) is 121 Å². The summed E-state index contributed by atoms with van der Waals surface area (Å²) in [7, 11) is 0. The molecule has 1 amide bonds. The van der Waals surface area contributed by atoms with Gasteiger partial charge in [0.15, 0.2) is 6.61 Å². The Kier molecular flexibility index (Phi) is 8.34. The third kappa shape index (κ3) is 7.94. The smallest absolute Gasteiger partial charge is 0.484 e. The van der Waals surface area contributed by atoms with Gasteiger partial charge < -0.3 is 30.5 Å². The maximum Gasteiger partial charge on any atom is 0.573 e. The fourth-order valence-corrected chi connectivity index (χ4v) is 2.97. The van der Waals surface area contributed by atoms with Gasteiger partial charge in [0.05, 0.1) is 23.6 Å². The van der Waals surface area contributed by atoms with Crippen molar-refractivity contribution in [3.05, 3.63) is 72.3 Å². The van der Waals surface area contributed by atoms with Crippen LogP contribution in [0, 0.1) is 0 Å². The summed E-state index contributed by atoms with van der Waals surface area (Å²) in [6.45, 7) is 3.41. The minimum atomic E-state index is -4.75. The molecule has 0 saturated heterocycles. The number of anilines is 3. The number of benzene rings is 3. The second kappa shape index (κ2) is 11.6. The van der Waals surface area contributed by atoms with Gasteiger partial charge in [0.2, 0.25) is 0 Å². The first-order valence-corrected chi connectivity index (χ1v) is 10.3. The first-order valence-electron chi connectivity index (χ1n) is 10.3. The molecule has 3 rings (SSSR count). The highest BCUT2D eigenvalue weighted by Gasteiger charge is 2.30. The molecule has 188 valence electrons. The number of nitrogens with zero attached hydrogens (tertiary/aromatic N) is 1. The van der Waals surface area contributed by atoms with Crippen molar-refractivity contribution in [2.24, 2.45) is 4.99 Å². The van der Waals surface area contributed by atoms with Gasteiger partial charge in [-0.15, -0.1) is 13.2 Å². The van der Waals surface area contributed by atoms with Crippen LogP contribution in [0.5, 0.6) is 11.5 Å². The van der Waals surface area contributed by atoms with Crippen molar-refractivity contribution in [1.29, 1.82) is 0 Å². The summed E-state index contributed by atoms with van der Waals surface area (Å²) in [5.41, 5.74) is 1.96. The van der Waals surface area contributed by atoms with Gasteiger partial charge in [0.1, 0.15) is 11.5 Å². The summed E-state index contributed by atoms with van der Waals surface area (Å²) in [6.07, 6.45) is -4.75. The second-order valence-electron chi connectivity index (χ2n) is 7.16. The Morgan fingerprint density at radius 1 is 0.944 bits per heavy atom. The summed E-state index contributed by atoms with van der Waals surface area (Å²) in [4.78, 5) is 27.1. The van der Waals surface area contributed by atoms with E-state index in [4.69, 9.17) is 9.84 Å². The SMILES string of the molecule is C=Nc1cc(OCC(=O)Nc2cccc(C(=O)O)c2)ccc1NCNc1ccc(OC(F)(F)F)cc1. The maximum absolute atomic E-state index is 12.2. The molecule has 0 aromatic heterocycles. The standard InChI is InChI=1S/C24H21F3N4O5/c1-28-21-12-19(35-13-22(32)31-17-4-2-3-15(11-17)23(33)34)9-10-20(21)30-14-29-16-5-7-18(8-6-16)36-24(25,26)27/h2-12,29-30H,1,13-14H2,(H,31,32)(H,33,34). The lowest BCUT2D eigenvalue weighted by molar-refractivity contribution is -0.274. The van der Waals surface area contributed by atoms with E-state index in [1.165, 1.54) is 42.5 Å². The van der Waals surface area contributed by atoms with Gasteiger partial charge in [-0.3, -0.25) is 9.79 Å². The minimum Gasteiger partial charge on any atom is -0.484 e. The lowest BCUT2D eigenvalue weighted by Gasteiger charge is -2.14. The van der Waals surface area contributed by atoms with Crippen LogP contribution in [0.3, 0.4) is 0 Å². The third-order valence-electron chi connectivity index (χ3n) is 4.56. The Balaban J connectivity index is 1.50. The number of hydrogen-bond donors (Lipinski definition) is 4. The van der Waals surface area contributed by atoms with E-state index in [9.17, 15) is 22.8 Å². The highest BCUT2D eigenvalue weighted by Crippen LogP contribution is 2.29. The molecular formula is C24H21F3N4O5. The van der Waals surface area contributed by atoms with Gasteiger partial charge in [0, 0.05) is 17.4 Å². The molecule has 0 heterocycles. The summed E-state index contributed by atoms with van der Waals surface area (Å²) in [5, 5.41) is 17.6. The second-order valence-corrected chi connectivity index (χ2v) is 7.16. The third-order valence-corrected chi connectivity index (χ3v) is 4.56. The molecule has 0 saturated carbocycles. The van der Waals surface area contributed by atoms with E-state index in [-0.39, 0.29) is 24.6 Å². The fraction of sp³-hybridized carbons (Fsp3) is 0.125. The number of aliphatic imine (C=N–C) groups is 1. The van der Waals surface area contributed by atoms with Crippen molar-refractivity contribution in [3.8, 4) is 11.5 Å². The van der Waals surface area contributed by atoms with E-state index < -0.39 is 18.2 Å².